The standard InChI is InChI=1S/C23H30N4O4/c1-14(28)24-16-9-10-17-15(12-16)13-23(18-8-6-5-7-11-26(17)18)19(29)25-21(31)27(20(23)30)22(2,3)4/h9-10,12,18H,5-8,11,13H2,1-4H3,(H,24,28)(H,25,29,31)/t18-,23+/m1/s1. The van der Waals surface area contributed by atoms with E-state index < -0.39 is 28.8 Å². The maximum absolute atomic E-state index is 14.0. The van der Waals surface area contributed by atoms with E-state index in [-0.39, 0.29) is 18.4 Å². The summed E-state index contributed by atoms with van der Waals surface area (Å²) in [5.41, 5.74) is 0.306. The van der Waals surface area contributed by atoms with Gasteiger partial charge in [-0.15, -0.1) is 0 Å². The first-order chi connectivity index (χ1) is 14.6. The lowest BCUT2D eigenvalue weighted by Gasteiger charge is -2.53. The minimum absolute atomic E-state index is 0.186. The third-order valence-electron chi connectivity index (χ3n) is 6.58. The Labute approximate surface area is 182 Å². The molecule has 1 aromatic carbocycles. The number of carbonyl (C=O) groups is 4. The zero-order chi connectivity index (χ0) is 22.6. The second-order valence-corrected chi connectivity index (χ2v) is 9.80. The highest BCUT2D eigenvalue weighted by Gasteiger charge is 2.63. The molecular weight excluding hydrogens is 396 g/mol. The molecule has 1 spiro atoms. The van der Waals surface area contributed by atoms with Crippen molar-refractivity contribution in [2.24, 2.45) is 5.41 Å². The Balaban J connectivity index is 1.88. The summed E-state index contributed by atoms with van der Waals surface area (Å²) < 4.78 is 0. The van der Waals surface area contributed by atoms with Crippen molar-refractivity contribution in [2.75, 3.05) is 16.8 Å². The second-order valence-electron chi connectivity index (χ2n) is 9.80. The summed E-state index contributed by atoms with van der Waals surface area (Å²) in [6.45, 7) is 7.57. The van der Waals surface area contributed by atoms with E-state index in [4.69, 9.17) is 0 Å². The van der Waals surface area contributed by atoms with E-state index in [1.807, 2.05) is 18.2 Å². The summed E-state index contributed by atoms with van der Waals surface area (Å²) in [6.07, 6.45) is 3.82. The predicted octanol–water partition coefficient (Wildman–Crippen LogP) is 2.81. The maximum Gasteiger partial charge on any atom is 0.331 e. The number of barbiturate groups is 1. The van der Waals surface area contributed by atoms with Gasteiger partial charge in [0.15, 0.2) is 5.41 Å². The third kappa shape index (κ3) is 3.38. The van der Waals surface area contributed by atoms with Crippen LogP contribution >= 0.6 is 0 Å². The molecule has 0 unspecified atom stereocenters. The number of amides is 5. The van der Waals surface area contributed by atoms with E-state index in [0.29, 0.717) is 12.1 Å². The molecule has 0 aromatic heterocycles. The van der Waals surface area contributed by atoms with Crippen LogP contribution < -0.4 is 15.5 Å². The van der Waals surface area contributed by atoms with Crippen LogP contribution in [0.4, 0.5) is 16.2 Å². The fourth-order valence-electron chi connectivity index (χ4n) is 5.33. The van der Waals surface area contributed by atoms with Crippen LogP contribution in [0.15, 0.2) is 18.2 Å². The number of nitrogens with zero attached hydrogens (tertiary/aromatic N) is 2. The predicted molar refractivity (Wildman–Crippen MR) is 117 cm³/mol. The van der Waals surface area contributed by atoms with Crippen molar-refractivity contribution in [1.82, 2.24) is 10.2 Å². The highest BCUT2D eigenvalue weighted by molar-refractivity contribution is 6.20. The Bertz CT molecular complexity index is 967. The van der Waals surface area contributed by atoms with E-state index in [0.717, 1.165) is 37.1 Å². The second kappa shape index (κ2) is 7.35. The molecule has 1 aromatic rings. The summed E-state index contributed by atoms with van der Waals surface area (Å²) in [7, 11) is 0. The zero-order valence-corrected chi connectivity index (χ0v) is 18.6. The van der Waals surface area contributed by atoms with Gasteiger partial charge in [0.25, 0.3) is 0 Å². The van der Waals surface area contributed by atoms with Crippen LogP contribution in [0.5, 0.6) is 0 Å². The minimum atomic E-state index is -1.38. The molecule has 2 atom stereocenters. The number of nitrogens with one attached hydrogen (secondary N) is 2. The molecule has 8 heteroatoms. The zero-order valence-electron chi connectivity index (χ0n) is 18.6. The lowest BCUT2D eigenvalue weighted by Crippen LogP contribution is -2.74. The molecule has 31 heavy (non-hydrogen) atoms. The monoisotopic (exact) mass is 426 g/mol. The largest absolute Gasteiger partial charge is 0.367 e. The maximum atomic E-state index is 14.0. The quantitative estimate of drug-likeness (QED) is 0.673. The first-order valence-electron chi connectivity index (χ1n) is 10.9. The van der Waals surface area contributed by atoms with Crippen LogP contribution in [-0.2, 0) is 20.8 Å². The summed E-state index contributed by atoms with van der Waals surface area (Å²) in [4.78, 5) is 55.0. The Morgan fingerprint density at radius 2 is 1.90 bits per heavy atom. The molecule has 0 bridgehead atoms. The molecule has 2 fully saturated rings. The van der Waals surface area contributed by atoms with Gasteiger partial charge in [0, 0.05) is 30.4 Å². The van der Waals surface area contributed by atoms with Crippen molar-refractivity contribution in [3.8, 4) is 0 Å². The summed E-state index contributed by atoms with van der Waals surface area (Å²) in [5.74, 6) is -1.13. The van der Waals surface area contributed by atoms with E-state index in [9.17, 15) is 19.2 Å². The Morgan fingerprint density at radius 3 is 2.58 bits per heavy atom. The van der Waals surface area contributed by atoms with Crippen LogP contribution in [-0.4, -0.2) is 46.8 Å². The molecule has 2 saturated heterocycles. The average molecular weight is 427 g/mol. The van der Waals surface area contributed by atoms with Crippen molar-refractivity contribution in [3.05, 3.63) is 23.8 Å². The van der Waals surface area contributed by atoms with Gasteiger partial charge in [0.05, 0.1) is 6.04 Å². The van der Waals surface area contributed by atoms with Crippen LogP contribution in [0.25, 0.3) is 0 Å². The summed E-state index contributed by atoms with van der Waals surface area (Å²) in [6, 6.07) is 4.68. The number of anilines is 2. The van der Waals surface area contributed by atoms with Gasteiger partial charge in [-0.25, -0.2) is 4.79 Å². The van der Waals surface area contributed by atoms with Crippen LogP contribution in [0.3, 0.4) is 0 Å². The fraction of sp³-hybridized carbons (Fsp3) is 0.565. The van der Waals surface area contributed by atoms with Crippen molar-refractivity contribution >= 4 is 35.1 Å². The number of hydrogen-bond donors (Lipinski definition) is 2. The van der Waals surface area contributed by atoms with Gasteiger partial charge in [0.2, 0.25) is 17.7 Å². The average Bonchev–Trinajstić information content (AvgIpc) is 2.90. The van der Waals surface area contributed by atoms with Crippen molar-refractivity contribution < 1.29 is 19.2 Å². The smallest absolute Gasteiger partial charge is 0.331 e. The van der Waals surface area contributed by atoms with Gasteiger partial charge in [-0.1, -0.05) is 12.8 Å². The van der Waals surface area contributed by atoms with E-state index in [1.165, 1.54) is 11.8 Å². The fourth-order valence-corrected chi connectivity index (χ4v) is 5.33. The van der Waals surface area contributed by atoms with Crippen molar-refractivity contribution in [1.29, 1.82) is 0 Å². The van der Waals surface area contributed by atoms with Gasteiger partial charge < -0.3 is 10.2 Å². The number of rotatable bonds is 1. The Kier molecular flexibility index (Phi) is 5.06. The number of carbonyl (C=O) groups excluding carboxylic acids is 4. The SMILES string of the molecule is CC(=O)Nc1ccc2c(c1)C[C@@]1(C(=O)NC(=O)N(C(C)(C)C)C1=O)[C@H]1CCCCCN21. The molecule has 3 aliphatic rings. The molecule has 5 amide bonds. The van der Waals surface area contributed by atoms with E-state index >= 15 is 0 Å². The molecule has 0 aliphatic carbocycles. The number of fused-ring (bicyclic) bond motifs is 4. The molecule has 3 heterocycles. The first-order valence-corrected chi connectivity index (χ1v) is 10.9. The highest BCUT2D eigenvalue weighted by Crippen LogP contribution is 2.48. The highest BCUT2D eigenvalue weighted by atomic mass is 16.2. The topological polar surface area (TPSA) is 98.8 Å². The molecule has 0 radical (unpaired) electrons. The molecule has 8 nitrogen and oxygen atoms in total. The van der Waals surface area contributed by atoms with Crippen LogP contribution in [0.1, 0.15) is 58.9 Å². The minimum Gasteiger partial charge on any atom is -0.367 e. The Hall–Kier alpha value is -2.90. The Morgan fingerprint density at radius 1 is 1.16 bits per heavy atom. The van der Waals surface area contributed by atoms with Gasteiger partial charge in [-0.2, -0.15) is 0 Å². The van der Waals surface area contributed by atoms with Gasteiger partial charge in [-0.3, -0.25) is 24.6 Å². The normalized spacial score (nSPS) is 26.2. The first kappa shape index (κ1) is 21.3. The van der Waals surface area contributed by atoms with Crippen LogP contribution in [0, 0.1) is 5.41 Å². The number of urea groups is 1. The van der Waals surface area contributed by atoms with Gasteiger partial charge in [-0.05, 0) is 63.8 Å². The number of imide groups is 2. The van der Waals surface area contributed by atoms with E-state index in [2.05, 4.69) is 15.5 Å². The molecule has 166 valence electrons. The van der Waals surface area contributed by atoms with Crippen molar-refractivity contribution in [3.63, 3.8) is 0 Å². The van der Waals surface area contributed by atoms with Gasteiger partial charge >= 0.3 is 6.03 Å². The van der Waals surface area contributed by atoms with Crippen molar-refractivity contribution in [2.45, 2.75) is 71.4 Å². The molecular formula is C23H30N4O4. The van der Waals surface area contributed by atoms with Crippen LogP contribution in [0.2, 0.25) is 0 Å². The lowest BCUT2D eigenvalue weighted by atomic mass is 9.67. The lowest BCUT2D eigenvalue weighted by molar-refractivity contribution is -0.157. The molecule has 4 rings (SSSR count). The number of hydrogen-bond acceptors (Lipinski definition) is 5. The van der Waals surface area contributed by atoms with E-state index in [1.54, 1.807) is 20.8 Å². The van der Waals surface area contributed by atoms with Gasteiger partial charge in [0.1, 0.15) is 0 Å². The third-order valence-corrected chi connectivity index (χ3v) is 6.58. The molecule has 2 N–H and O–H groups in total. The number of benzene rings is 1. The molecule has 0 saturated carbocycles. The summed E-state index contributed by atoms with van der Waals surface area (Å²) in [5, 5.41) is 5.27. The molecule has 3 aliphatic heterocycles. The summed E-state index contributed by atoms with van der Waals surface area (Å²) >= 11 is 0.